The summed E-state index contributed by atoms with van der Waals surface area (Å²) in [5, 5.41) is 20.2. The number of benzene rings is 1. The van der Waals surface area contributed by atoms with Gasteiger partial charge in [0.05, 0.1) is 10.8 Å². The van der Waals surface area contributed by atoms with Crippen molar-refractivity contribution < 1.29 is 10.0 Å². The summed E-state index contributed by atoms with van der Waals surface area (Å²) in [6, 6.07) is 1.35. The van der Waals surface area contributed by atoms with E-state index in [2.05, 4.69) is 0 Å². The predicted molar refractivity (Wildman–Crippen MR) is 53.8 cm³/mol. The van der Waals surface area contributed by atoms with Crippen molar-refractivity contribution in [2.45, 2.75) is 19.7 Å². The molecule has 0 atom stereocenters. The highest BCUT2D eigenvalue weighted by Crippen LogP contribution is 2.33. The largest absolute Gasteiger partial charge is 0.507 e. The normalized spacial score (nSPS) is 10.2. The first kappa shape index (κ1) is 10.8. The number of nitrogens with zero attached hydrogens (tertiary/aromatic N) is 1. The average molecular weight is 216 g/mol. The first-order valence-electron chi connectivity index (χ1n) is 4.01. The molecule has 0 saturated heterocycles. The number of phenols is 1. The minimum Gasteiger partial charge on any atom is -0.507 e. The third-order valence-corrected chi connectivity index (χ3v) is 2.45. The monoisotopic (exact) mass is 215 g/mol. The Morgan fingerprint density at radius 2 is 2.14 bits per heavy atom. The van der Waals surface area contributed by atoms with Crippen LogP contribution in [0.5, 0.6) is 5.75 Å². The van der Waals surface area contributed by atoms with Crippen LogP contribution in [-0.4, -0.2) is 10.0 Å². The van der Waals surface area contributed by atoms with Crippen molar-refractivity contribution in [2.24, 2.45) is 0 Å². The van der Waals surface area contributed by atoms with Gasteiger partial charge < -0.3 is 5.11 Å². The Labute approximate surface area is 86.3 Å². The lowest BCUT2D eigenvalue weighted by Crippen LogP contribution is -1.97. The molecule has 0 aliphatic rings. The Bertz CT molecular complexity index is 390. The van der Waals surface area contributed by atoms with Crippen LogP contribution in [0.4, 0.5) is 5.69 Å². The zero-order chi connectivity index (χ0) is 10.9. The lowest BCUT2D eigenvalue weighted by Gasteiger charge is -2.08. The molecule has 4 nitrogen and oxygen atoms in total. The second kappa shape index (κ2) is 3.84. The van der Waals surface area contributed by atoms with Crippen molar-refractivity contribution >= 4 is 17.3 Å². The second-order valence-corrected chi connectivity index (χ2v) is 3.32. The summed E-state index contributed by atoms with van der Waals surface area (Å²) in [5.74, 6) is 0.114. The molecule has 1 aromatic carbocycles. The Kier molecular flexibility index (Phi) is 2.96. The fourth-order valence-corrected chi connectivity index (χ4v) is 1.63. The Hall–Kier alpha value is -1.29. The third kappa shape index (κ3) is 1.65. The van der Waals surface area contributed by atoms with Crippen LogP contribution >= 0.6 is 11.6 Å². The van der Waals surface area contributed by atoms with E-state index in [9.17, 15) is 15.2 Å². The van der Waals surface area contributed by atoms with Gasteiger partial charge in [0.15, 0.2) is 0 Å². The molecule has 0 radical (unpaired) electrons. The Balaban J connectivity index is 3.50. The summed E-state index contributed by atoms with van der Waals surface area (Å²) < 4.78 is 0. The minimum atomic E-state index is -0.474. The van der Waals surface area contributed by atoms with Gasteiger partial charge in [0.2, 0.25) is 0 Å². The summed E-state index contributed by atoms with van der Waals surface area (Å²) in [6.07, 6.45) is 0. The van der Waals surface area contributed by atoms with E-state index in [0.29, 0.717) is 16.7 Å². The zero-order valence-corrected chi connectivity index (χ0v) is 8.63. The van der Waals surface area contributed by atoms with E-state index < -0.39 is 4.92 Å². The van der Waals surface area contributed by atoms with Crippen LogP contribution in [0.25, 0.3) is 0 Å². The van der Waals surface area contributed by atoms with Gasteiger partial charge >= 0.3 is 0 Å². The van der Waals surface area contributed by atoms with Crippen LogP contribution in [-0.2, 0) is 5.88 Å². The van der Waals surface area contributed by atoms with Crippen LogP contribution in [0.15, 0.2) is 6.07 Å². The van der Waals surface area contributed by atoms with E-state index in [4.69, 9.17) is 11.6 Å². The van der Waals surface area contributed by atoms with Gasteiger partial charge in [0.1, 0.15) is 5.75 Å². The maximum absolute atomic E-state index is 10.6. The van der Waals surface area contributed by atoms with E-state index in [1.165, 1.54) is 6.07 Å². The number of phenolic OH excluding ortho intramolecular Hbond substituents is 1. The first-order valence-corrected chi connectivity index (χ1v) is 4.55. The summed E-state index contributed by atoms with van der Waals surface area (Å²) in [5.41, 5.74) is 1.32. The lowest BCUT2D eigenvalue weighted by molar-refractivity contribution is -0.385. The molecule has 0 bridgehead atoms. The number of hydrogen-bond acceptors (Lipinski definition) is 3. The number of aromatic hydroxyl groups is 1. The van der Waals surface area contributed by atoms with Crippen molar-refractivity contribution in [3.05, 3.63) is 32.9 Å². The van der Waals surface area contributed by atoms with E-state index >= 15 is 0 Å². The standard InChI is InChI=1S/C9H10ClNO3/c1-5-3-8(11(13)14)6(2)7(4-10)9(5)12/h3,12H,4H2,1-2H3. The number of aryl methyl sites for hydroxylation is 1. The van der Waals surface area contributed by atoms with Crippen LogP contribution in [0.1, 0.15) is 16.7 Å². The van der Waals surface area contributed by atoms with E-state index in [1.807, 2.05) is 0 Å². The van der Waals surface area contributed by atoms with Gasteiger partial charge in [-0.25, -0.2) is 0 Å². The van der Waals surface area contributed by atoms with Crippen molar-refractivity contribution in [3.8, 4) is 5.75 Å². The Morgan fingerprint density at radius 1 is 1.57 bits per heavy atom. The molecule has 0 aromatic heterocycles. The number of halogens is 1. The molecule has 14 heavy (non-hydrogen) atoms. The smallest absolute Gasteiger partial charge is 0.273 e. The topological polar surface area (TPSA) is 63.4 Å². The van der Waals surface area contributed by atoms with Crippen LogP contribution < -0.4 is 0 Å². The molecule has 0 heterocycles. The first-order chi connectivity index (χ1) is 6.49. The summed E-state index contributed by atoms with van der Waals surface area (Å²) in [7, 11) is 0. The third-order valence-electron chi connectivity index (χ3n) is 2.18. The van der Waals surface area contributed by atoms with E-state index in [-0.39, 0.29) is 17.3 Å². The molecule has 0 spiro atoms. The van der Waals surface area contributed by atoms with Crippen molar-refractivity contribution in [2.75, 3.05) is 0 Å². The zero-order valence-electron chi connectivity index (χ0n) is 7.87. The van der Waals surface area contributed by atoms with Gasteiger partial charge in [-0.1, -0.05) is 0 Å². The number of nitro benzene ring substituents is 1. The summed E-state index contributed by atoms with van der Waals surface area (Å²) in [6.45, 7) is 3.19. The van der Waals surface area contributed by atoms with Gasteiger partial charge in [-0.2, -0.15) is 0 Å². The van der Waals surface area contributed by atoms with Gasteiger partial charge in [0.25, 0.3) is 5.69 Å². The molecule has 0 amide bonds. The molecule has 1 N–H and O–H groups in total. The maximum atomic E-state index is 10.6. The van der Waals surface area contributed by atoms with Crippen LogP contribution in [0.3, 0.4) is 0 Å². The molecule has 1 rings (SSSR count). The SMILES string of the molecule is Cc1cc([N+](=O)[O-])c(C)c(CCl)c1O. The highest BCUT2D eigenvalue weighted by Gasteiger charge is 2.18. The fraction of sp³-hybridized carbons (Fsp3) is 0.333. The number of nitro groups is 1. The number of hydrogen-bond donors (Lipinski definition) is 1. The molecule has 0 saturated carbocycles. The van der Waals surface area contributed by atoms with Crippen molar-refractivity contribution in [3.63, 3.8) is 0 Å². The lowest BCUT2D eigenvalue weighted by atomic mass is 10.0. The van der Waals surface area contributed by atoms with Gasteiger partial charge in [-0.05, 0) is 19.4 Å². The molecule has 76 valence electrons. The number of alkyl halides is 1. The molecular weight excluding hydrogens is 206 g/mol. The van der Waals surface area contributed by atoms with Gasteiger partial charge in [-0.15, -0.1) is 11.6 Å². The summed E-state index contributed by atoms with van der Waals surface area (Å²) in [4.78, 5) is 10.2. The molecular formula is C9H10ClNO3. The van der Waals surface area contributed by atoms with E-state index in [1.54, 1.807) is 13.8 Å². The highest BCUT2D eigenvalue weighted by atomic mass is 35.5. The van der Waals surface area contributed by atoms with Crippen molar-refractivity contribution in [1.82, 2.24) is 0 Å². The van der Waals surface area contributed by atoms with Crippen LogP contribution in [0.2, 0.25) is 0 Å². The van der Waals surface area contributed by atoms with Crippen molar-refractivity contribution in [1.29, 1.82) is 0 Å². The van der Waals surface area contributed by atoms with Gasteiger partial charge in [-0.3, -0.25) is 10.1 Å². The molecule has 0 aliphatic carbocycles. The molecule has 0 aliphatic heterocycles. The average Bonchev–Trinajstić information content (AvgIpc) is 2.12. The van der Waals surface area contributed by atoms with Gasteiger partial charge in [0, 0.05) is 17.2 Å². The highest BCUT2D eigenvalue weighted by molar-refractivity contribution is 6.17. The number of rotatable bonds is 2. The summed E-state index contributed by atoms with van der Waals surface area (Å²) >= 11 is 5.60. The fourth-order valence-electron chi connectivity index (χ4n) is 1.31. The van der Waals surface area contributed by atoms with E-state index in [0.717, 1.165) is 0 Å². The molecule has 0 fully saturated rings. The molecule has 5 heteroatoms. The minimum absolute atomic E-state index is 0.00375. The molecule has 0 unspecified atom stereocenters. The molecule has 1 aromatic rings. The predicted octanol–water partition coefficient (Wildman–Crippen LogP) is 2.66. The maximum Gasteiger partial charge on any atom is 0.273 e. The Morgan fingerprint density at radius 3 is 2.57 bits per heavy atom. The quantitative estimate of drug-likeness (QED) is 0.469. The van der Waals surface area contributed by atoms with Crippen LogP contribution in [0, 0.1) is 24.0 Å². The second-order valence-electron chi connectivity index (χ2n) is 3.06.